The molecule has 0 aliphatic carbocycles. The Kier molecular flexibility index (Phi) is 4.97. The third-order valence-electron chi connectivity index (χ3n) is 4.42. The van der Waals surface area contributed by atoms with E-state index in [1.54, 1.807) is 31.4 Å². The SMILES string of the molecule is COc1ccc2nc(NC(=O)c3cccc(-c4ccccc4)c3C(=O)O)sc2c1. The molecule has 0 aliphatic rings. The first kappa shape index (κ1) is 18.6. The van der Waals surface area contributed by atoms with Gasteiger partial charge in [0.25, 0.3) is 5.91 Å². The molecule has 0 saturated heterocycles. The van der Waals surface area contributed by atoms with E-state index in [-0.39, 0.29) is 11.1 Å². The van der Waals surface area contributed by atoms with Crippen LogP contribution in [-0.4, -0.2) is 29.1 Å². The highest BCUT2D eigenvalue weighted by molar-refractivity contribution is 7.22. The van der Waals surface area contributed by atoms with Gasteiger partial charge in [0.05, 0.1) is 28.5 Å². The smallest absolute Gasteiger partial charge is 0.337 e. The van der Waals surface area contributed by atoms with Gasteiger partial charge in [-0.1, -0.05) is 53.8 Å². The number of thiazole rings is 1. The van der Waals surface area contributed by atoms with Crippen molar-refractivity contribution in [2.75, 3.05) is 12.4 Å². The van der Waals surface area contributed by atoms with Crippen molar-refractivity contribution in [2.45, 2.75) is 0 Å². The van der Waals surface area contributed by atoms with E-state index in [1.807, 2.05) is 36.4 Å². The van der Waals surface area contributed by atoms with E-state index in [9.17, 15) is 14.7 Å². The number of fused-ring (bicyclic) bond motifs is 1. The van der Waals surface area contributed by atoms with Gasteiger partial charge in [0, 0.05) is 0 Å². The molecular formula is C22H16N2O4S. The van der Waals surface area contributed by atoms with E-state index in [1.165, 1.54) is 17.4 Å². The number of aromatic carboxylic acids is 1. The summed E-state index contributed by atoms with van der Waals surface area (Å²) >= 11 is 1.29. The maximum absolute atomic E-state index is 12.9. The molecule has 3 aromatic carbocycles. The summed E-state index contributed by atoms with van der Waals surface area (Å²) in [6.07, 6.45) is 0. The fourth-order valence-corrected chi connectivity index (χ4v) is 3.97. The van der Waals surface area contributed by atoms with Crippen molar-refractivity contribution in [1.82, 2.24) is 4.98 Å². The highest BCUT2D eigenvalue weighted by Gasteiger charge is 2.22. The van der Waals surface area contributed by atoms with Crippen molar-refractivity contribution in [2.24, 2.45) is 0 Å². The Morgan fingerprint density at radius 1 is 1.03 bits per heavy atom. The Bertz CT molecular complexity index is 1220. The zero-order valence-corrected chi connectivity index (χ0v) is 16.2. The number of hydrogen-bond donors (Lipinski definition) is 2. The molecule has 0 atom stereocenters. The Morgan fingerprint density at radius 3 is 2.55 bits per heavy atom. The molecule has 0 saturated carbocycles. The number of ether oxygens (including phenoxy) is 1. The van der Waals surface area contributed by atoms with Crippen LogP contribution in [0.15, 0.2) is 66.7 Å². The number of rotatable bonds is 5. The molecule has 0 bridgehead atoms. The first-order valence-electron chi connectivity index (χ1n) is 8.74. The second-order valence-electron chi connectivity index (χ2n) is 6.21. The summed E-state index contributed by atoms with van der Waals surface area (Å²) in [4.78, 5) is 29.3. The van der Waals surface area contributed by atoms with Crippen LogP contribution in [0.25, 0.3) is 21.3 Å². The minimum absolute atomic E-state index is 0.0426. The number of hydrogen-bond acceptors (Lipinski definition) is 5. The zero-order chi connectivity index (χ0) is 20.4. The first-order chi connectivity index (χ1) is 14.1. The largest absolute Gasteiger partial charge is 0.497 e. The van der Waals surface area contributed by atoms with Gasteiger partial charge in [-0.3, -0.25) is 10.1 Å². The summed E-state index contributed by atoms with van der Waals surface area (Å²) in [5.41, 5.74) is 1.98. The predicted molar refractivity (Wildman–Crippen MR) is 113 cm³/mol. The number of carbonyl (C=O) groups is 2. The monoisotopic (exact) mass is 404 g/mol. The minimum Gasteiger partial charge on any atom is -0.497 e. The quantitative estimate of drug-likeness (QED) is 0.493. The van der Waals surface area contributed by atoms with Crippen molar-refractivity contribution >= 4 is 38.6 Å². The maximum atomic E-state index is 12.9. The molecule has 144 valence electrons. The Hall–Kier alpha value is -3.71. The van der Waals surface area contributed by atoms with E-state index in [0.717, 1.165) is 15.8 Å². The fourth-order valence-electron chi connectivity index (χ4n) is 3.08. The number of anilines is 1. The number of nitrogens with one attached hydrogen (secondary N) is 1. The number of carboxylic acid groups (broad SMARTS) is 1. The molecule has 1 amide bonds. The van der Waals surface area contributed by atoms with Crippen LogP contribution < -0.4 is 10.1 Å². The molecule has 4 aromatic rings. The van der Waals surface area contributed by atoms with Gasteiger partial charge in [0.2, 0.25) is 0 Å². The Balaban J connectivity index is 1.71. The number of aromatic nitrogens is 1. The second kappa shape index (κ2) is 7.73. The Morgan fingerprint density at radius 2 is 1.83 bits per heavy atom. The van der Waals surface area contributed by atoms with Gasteiger partial charge in [-0.05, 0) is 35.4 Å². The van der Waals surface area contributed by atoms with Gasteiger partial charge in [0.15, 0.2) is 5.13 Å². The lowest BCUT2D eigenvalue weighted by Crippen LogP contribution is -2.17. The minimum atomic E-state index is -1.16. The summed E-state index contributed by atoms with van der Waals surface area (Å²) in [5, 5.41) is 12.9. The van der Waals surface area contributed by atoms with E-state index < -0.39 is 11.9 Å². The molecule has 2 N–H and O–H groups in total. The van der Waals surface area contributed by atoms with Gasteiger partial charge in [-0.25, -0.2) is 9.78 Å². The molecule has 0 unspecified atom stereocenters. The average Bonchev–Trinajstić information content (AvgIpc) is 3.14. The summed E-state index contributed by atoms with van der Waals surface area (Å²) in [6, 6.07) is 19.4. The summed E-state index contributed by atoms with van der Waals surface area (Å²) in [6.45, 7) is 0. The number of nitrogens with zero attached hydrogens (tertiary/aromatic N) is 1. The third kappa shape index (κ3) is 3.68. The molecule has 0 radical (unpaired) electrons. The molecule has 1 aromatic heterocycles. The first-order valence-corrected chi connectivity index (χ1v) is 9.56. The predicted octanol–water partition coefficient (Wildman–Crippen LogP) is 4.92. The van der Waals surface area contributed by atoms with Crippen LogP contribution in [0.1, 0.15) is 20.7 Å². The zero-order valence-electron chi connectivity index (χ0n) is 15.4. The van der Waals surface area contributed by atoms with Crippen LogP contribution in [0.5, 0.6) is 5.75 Å². The van der Waals surface area contributed by atoms with Crippen molar-refractivity contribution < 1.29 is 19.4 Å². The van der Waals surface area contributed by atoms with Crippen molar-refractivity contribution in [3.8, 4) is 16.9 Å². The topological polar surface area (TPSA) is 88.5 Å². The highest BCUT2D eigenvalue weighted by atomic mass is 32.1. The summed E-state index contributed by atoms with van der Waals surface area (Å²) in [5.74, 6) is -0.988. The standard InChI is InChI=1S/C22H16N2O4S/c1-28-14-10-11-17-18(12-14)29-22(23-17)24-20(25)16-9-5-8-15(19(16)21(26)27)13-6-3-2-4-7-13/h2-12H,1H3,(H,26,27)(H,23,24,25). The number of carboxylic acids is 1. The molecule has 0 spiro atoms. The molecule has 0 fully saturated rings. The van der Waals surface area contributed by atoms with Crippen LogP contribution in [0.2, 0.25) is 0 Å². The van der Waals surface area contributed by atoms with Gasteiger partial charge < -0.3 is 9.84 Å². The van der Waals surface area contributed by atoms with Crippen molar-refractivity contribution in [1.29, 1.82) is 0 Å². The Labute approximate surface area is 170 Å². The number of amides is 1. The van der Waals surface area contributed by atoms with E-state index in [2.05, 4.69) is 10.3 Å². The van der Waals surface area contributed by atoms with Crippen molar-refractivity contribution in [3.63, 3.8) is 0 Å². The molecular weight excluding hydrogens is 388 g/mol. The summed E-state index contributed by atoms with van der Waals surface area (Å²) < 4.78 is 6.06. The van der Waals surface area contributed by atoms with Gasteiger partial charge in [-0.15, -0.1) is 0 Å². The lowest BCUT2D eigenvalue weighted by molar-refractivity contribution is 0.0693. The average molecular weight is 404 g/mol. The van der Waals surface area contributed by atoms with Crippen LogP contribution in [0.4, 0.5) is 5.13 Å². The second-order valence-corrected chi connectivity index (χ2v) is 7.24. The highest BCUT2D eigenvalue weighted by Crippen LogP contribution is 2.31. The van der Waals surface area contributed by atoms with Gasteiger partial charge in [0.1, 0.15) is 5.75 Å². The van der Waals surface area contributed by atoms with Gasteiger partial charge in [-0.2, -0.15) is 0 Å². The number of benzene rings is 3. The molecule has 1 heterocycles. The maximum Gasteiger partial charge on any atom is 0.337 e. The molecule has 0 aliphatic heterocycles. The summed E-state index contributed by atoms with van der Waals surface area (Å²) in [7, 11) is 1.58. The fraction of sp³-hybridized carbons (Fsp3) is 0.0455. The van der Waals surface area contributed by atoms with Crippen LogP contribution in [-0.2, 0) is 0 Å². The van der Waals surface area contributed by atoms with E-state index >= 15 is 0 Å². The number of carbonyl (C=O) groups excluding carboxylic acids is 1. The molecule has 4 rings (SSSR count). The normalized spacial score (nSPS) is 10.7. The molecule has 7 heteroatoms. The molecule has 6 nitrogen and oxygen atoms in total. The van der Waals surface area contributed by atoms with E-state index in [0.29, 0.717) is 16.4 Å². The van der Waals surface area contributed by atoms with E-state index in [4.69, 9.17) is 4.74 Å². The van der Waals surface area contributed by atoms with Crippen molar-refractivity contribution in [3.05, 3.63) is 77.9 Å². The lowest BCUT2D eigenvalue weighted by Gasteiger charge is -2.11. The van der Waals surface area contributed by atoms with Crippen LogP contribution >= 0.6 is 11.3 Å². The molecule has 29 heavy (non-hydrogen) atoms. The van der Waals surface area contributed by atoms with Crippen LogP contribution in [0.3, 0.4) is 0 Å². The van der Waals surface area contributed by atoms with Gasteiger partial charge >= 0.3 is 5.97 Å². The third-order valence-corrected chi connectivity index (χ3v) is 5.36. The van der Waals surface area contributed by atoms with Crippen LogP contribution in [0, 0.1) is 0 Å². The lowest BCUT2D eigenvalue weighted by atomic mass is 9.95. The number of methoxy groups -OCH3 is 1.